The van der Waals surface area contributed by atoms with Crippen molar-refractivity contribution in [1.82, 2.24) is 4.90 Å². The van der Waals surface area contributed by atoms with Crippen molar-refractivity contribution in [2.24, 2.45) is 0 Å². The number of aliphatic hydroxyl groups is 1. The van der Waals surface area contributed by atoms with Crippen LogP contribution in [-0.2, 0) is 16.1 Å². The molecule has 1 amide bonds. The summed E-state index contributed by atoms with van der Waals surface area (Å²) in [6.45, 7) is 2.49. The summed E-state index contributed by atoms with van der Waals surface area (Å²) in [7, 11) is 4.52. The normalized spacial score (nSPS) is 16.5. The van der Waals surface area contributed by atoms with E-state index in [1.165, 1.54) is 19.1 Å². The number of ether oxygens (including phenoxy) is 4. The molecule has 0 spiro atoms. The van der Waals surface area contributed by atoms with Gasteiger partial charge in [-0.2, -0.15) is 0 Å². The Morgan fingerprint density at radius 3 is 2.19 bits per heavy atom. The molecule has 0 aromatic heterocycles. The number of aliphatic hydroxyl groups excluding tert-OH is 1. The summed E-state index contributed by atoms with van der Waals surface area (Å²) in [5.74, 6) is 0.227. The Morgan fingerprint density at radius 1 is 0.865 bits per heavy atom. The standard InChI is InChI=1S/C29H29NO7/c1-5-37-20-12-10-18(11-13-20)26-25(27(31)22-15-14-21(34-2)16-24(22)36-4)28(32)29(33)30(26)17-19-8-6-7-9-23(19)35-3/h6-16,26,31H,5,17H2,1-4H3/b27-25-. The van der Waals surface area contributed by atoms with Gasteiger partial charge in [0.2, 0.25) is 0 Å². The molecule has 4 rings (SSSR count). The van der Waals surface area contributed by atoms with Gasteiger partial charge in [0.25, 0.3) is 11.7 Å². The predicted molar refractivity (Wildman–Crippen MR) is 138 cm³/mol. The number of nitrogens with zero attached hydrogens (tertiary/aromatic N) is 1. The molecular formula is C29H29NO7. The van der Waals surface area contributed by atoms with Crippen LogP contribution in [0.15, 0.2) is 72.3 Å². The number of Topliss-reactive ketones (excluding diaryl/α,β-unsaturated/α-hetero) is 1. The first kappa shape index (κ1) is 25.6. The molecule has 0 bridgehead atoms. The number of para-hydroxylation sites is 1. The fraction of sp³-hybridized carbons (Fsp3) is 0.241. The van der Waals surface area contributed by atoms with E-state index < -0.39 is 17.7 Å². The Kier molecular flexibility index (Phi) is 7.67. The third kappa shape index (κ3) is 4.95. The minimum absolute atomic E-state index is 0.0347. The van der Waals surface area contributed by atoms with E-state index in [1.807, 2.05) is 25.1 Å². The molecule has 1 heterocycles. The fourth-order valence-electron chi connectivity index (χ4n) is 4.46. The van der Waals surface area contributed by atoms with E-state index in [-0.39, 0.29) is 23.4 Å². The lowest BCUT2D eigenvalue weighted by molar-refractivity contribution is -0.140. The van der Waals surface area contributed by atoms with E-state index in [9.17, 15) is 14.7 Å². The second kappa shape index (κ2) is 11.1. The maximum atomic E-state index is 13.4. The van der Waals surface area contributed by atoms with Crippen molar-refractivity contribution in [2.75, 3.05) is 27.9 Å². The fourth-order valence-corrected chi connectivity index (χ4v) is 4.46. The first-order chi connectivity index (χ1) is 17.9. The molecular weight excluding hydrogens is 474 g/mol. The van der Waals surface area contributed by atoms with Crippen LogP contribution in [0, 0.1) is 0 Å². The maximum Gasteiger partial charge on any atom is 0.295 e. The molecule has 3 aromatic carbocycles. The molecule has 8 nitrogen and oxygen atoms in total. The molecule has 37 heavy (non-hydrogen) atoms. The monoisotopic (exact) mass is 503 g/mol. The lowest BCUT2D eigenvalue weighted by Gasteiger charge is -2.26. The quantitative estimate of drug-likeness (QED) is 0.256. The van der Waals surface area contributed by atoms with E-state index >= 15 is 0 Å². The first-order valence-electron chi connectivity index (χ1n) is 11.8. The third-order valence-electron chi connectivity index (χ3n) is 6.24. The van der Waals surface area contributed by atoms with Gasteiger partial charge in [0.05, 0.1) is 51.7 Å². The van der Waals surface area contributed by atoms with Crippen LogP contribution in [0.4, 0.5) is 0 Å². The van der Waals surface area contributed by atoms with Crippen LogP contribution in [-0.4, -0.2) is 49.6 Å². The Balaban J connectivity index is 1.88. The molecule has 8 heteroatoms. The van der Waals surface area contributed by atoms with Crippen LogP contribution in [0.3, 0.4) is 0 Å². The number of benzene rings is 3. The van der Waals surface area contributed by atoms with Crippen LogP contribution in [0.1, 0.15) is 29.7 Å². The average molecular weight is 504 g/mol. The van der Waals surface area contributed by atoms with E-state index in [4.69, 9.17) is 18.9 Å². The van der Waals surface area contributed by atoms with Crippen molar-refractivity contribution >= 4 is 17.4 Å². The van der Waals surface area contributed by atoms with Gasteiger partial charge in [0.1, 0.15) is 28.8 Å². The van der Waals surface area contributed by atoms with Crippen LogP contribution in [0.5, 0.6) is 23.0 Å². The number of carbonyl (C=O) groups excluding carboxylic acids is 2. The second-order valence-corrected chi connectivity index (χ2v) is 8.31. The van der Waals surface area contributed by atoms with Crippen molar-refractivity contribution < 1.29 is 33.6 Å². The number of hydrogen-bond acceptors (Lipinski definition) is 7. The van der Waals surface area contributed by atoms with Gasteiger partial charge in [0, 0.05) is 11.6 Å². The number of hydrogen-bond donors (Lipinski definition) is 1. The molecule has 1 aliphatic rings. The van der Waals surface area contributed by atoms with Gasteiger partial charge in [-0.05, 0) is 42.8 Å². The van der Waals surface area contributed by atoms with Crippen LogP contribution in [0.25, 0.3) is 5.76 Å². The van der Waals surface area contributed by atoms with Gasteiger partial charge in [-0.1, -0.05) is 30.3 Å². The number of rotatable bonds is 9. The van der Waals surface area contributed by atoms with Crippen LogP contribution < -0.4 is 18.9 Å². The summed E-state index contributed by atoms with van der Waals surface area (Å²) in [6, 6.07) is 18.4. The Labute approximate surface area is 215 Å². The topological polar surface area (TPSA) is 94.5 Å². The number of likely N-dealkylation sites (tertiary alicyclic amines) is 1. The van der Waals surface area contributed by atoms with Crippen LogP contribution >= 0.6 is 0 Å². The highest BCUT2D eigenvalue weighted by Gasteiger charge is 2.46. The zero-order valence-electron chi connectivity index (χ0n) is 21.2. The van der Waals surface area contributed by atoms with Gasteiger partial charge in [-0.3, -0.25) is 9.59 Å². The molecule has 192 valence electrons. The minimum atomic E-state index is -0.854. The average Bonchev–Trinajstić information content (AvgIpc) is 3.18. The first-order valence-corrected chi connectivity index (χ1v) is 11.8. The molecule has 0 radical (unpaired) electrons. The van der Waals surface area contributed by atoms with Gasteiger partial charge in [0.15, 0.2) is 0 Å². The number of amides is 1. The molecule has 1 fully saturated rings. The smallest absolute Gasteiger partial charge is 0.295 e. The zero-order valence-corrected chi connectivity index (χ0v) is 21.2. The number of carbonyl (C=O) groups is 2. The van der Waals surface area contributed by atoms with Crippen LogP contribution in [0.2, 0.25) is 0 Å². The summed E-state index contributed by atoms with van der Waals surface area (Å²) >= 11 is 0. The number of methoxy groups -OCH3 is 3. The zero-order chi connectivity index (χ0) is 26.5. The SMILES string of the molecule is CCOc1ccc(C2/C(=C(/O)c3ccc(OC)cc3OC)C(=O)C(=O)N2Cc2ccccc2OC)cc1. The molecule has 1 aliphatic heterocycles. The maximum absolute atomic E-state index is 13.4. The molecule has 1 saturated heterocycles. The highest BCUT2D eigenvalue weighted by molar-refractivity contribution is 6.46. The van der Waals surface area contributed by atoms with Crippen molar-refractivity contribution in [3.63, 3.8) is 0 Å². The lowest BCUT2D eigenvalue weighted by Crippen LogP contribution is -2.29. The number of ketones is 1. The van der Waals surface area contributed by atoms with Gasteiger partial charge < -0.3 is 29.0 Å². The Bertz CT molecular complexity index is 1330. The van der Waals surface area contributed by atoms with E-state index in [0.717, 1.165) is 5.56 Å². The lowest BCUT2D eigenvalue weighted by atomic mass is 9.94. The largest absolute Gasteiger partial charge is 0.507 e. The van der Waals surface area contributed by atoms with Crippen molar-refractivity contribution in [2.45, 2.75) is 19.5 Å². The van der Waals surface area contributed by atoms with Crippen molar-refractivity contribution in [1.29, 1.82) is 0 Å². The highest BCUT2D eigenvalue weighted by atomic mass is 16.5. The molecule has 1 unspecified atom stereocenters. The molecule has 0 saturated carbocycles. The summed E-state index contributed by atoms with van der Waals surface area (Å²) in [5, 5.41) is 11.4. The van der Waals surface area contributed by atoms with E-state index in [2.05, 4.69) is 0 Å². The van der Waals surface area contributed by atoms with Crippen molar-refractivity contribution in [3.05, 3.63) is 89.0 Å². The molecule has 1 N–H and O–H groups in total. The van der Waals surface area contributed by atoms with Gasteiger partial charge in [-0.15, -0.1) is 0 Å². The Hall–Kier alpha value is -4.46. The Morgan fingerprint density at radius 2 is 1.54 bits per heavy atom. The molecule has 3 aromatic rings. The summed E-state index contributed by atoms with van der Waals surface area (Å²) in [6.07, 6.45) is 0. The second-order valence-electron chi connectivity index (χ2n) is 8.31. The van der Waals surface area contributed by atoms with E-state index in [0.29, 0.717) is 35.2 Å². The molecule has 1 atom stereocenters. The highest BCUT2D eigenvalue weighted by Crippen LogP contribution is 2.43. The third-order valence-corrected chi connectivity index (χ3v) is 6.24. The van der Waals surface area contributed by atoms with Gasteiger partial charge >= 0.3 is 0 Å². The minimum Gasteiger partial charge on any atom is -0.507 e. The summed E-state index contributed by atoms with van der Waals surface area (Å²) in [4.78, 5) is 28.2. The van der Waals surface area contributed by atoms with Crippen molar-refractivity contribution in [3.8, 4) is 23.0 Å². The predicted octanol–water partition coefficient (Wildman–Crippen LogP) is 4.73. The van der Waals surface area contributed by atoms with Gasteiger partial charge in [-0.25, -0.2) is 0 Å². The summed E-state index contributed by atoms with van der Waals surface area (Å²) < 4.78 is 21.7. The summed E-state index contributed by atoms with van der Waals surface area (Å²) in [5.41, 5.74) is 1.61. The molecule has 0 aliphatic carbocycles. The van der Waals surface area contributed by atoms with E-state index in [1.54, 1.807) is 55.6 Å².